The fourth-order valence-corrected chi connectivity index (χ4v) is 2.39. The molecule has 1 amide bonds. The number of aromatic nitrogens is 1. The zero-order valence-corrected chi connectivity index (χ0v) is 13.7. The highest BCUT2D eigenvalue weighted by atomic mass is 16.5. The monoisotopic (exact) mass is 330 g/mol. The number of ether oxygens (including phenoxy) is 1. The quantitative estimate of drug-likeness (QED) is 0.558. The van der Waals surface area contributed by atoms with Gasteiger partial charge in [-0.1, -0.05) is 0 Å². The van der Waals surface area contributed by atoms with E-state index in [1.165, 1.54) is 25.3 Å². The third kappa shape index (κ3) is 4.04. The molecule has 0 radical (unpaired) electrons. The van der Waals surface area contributed by atoms with Crippen LogP contribution in [-0.4, -0.2) is 35.2 Å². The van der Waals surface area contributed by atoms with Crippen molar-refractivity contribution in [3.63, 3.8) is 0 Å². The average molecular weight is 330 g/mol. The van der Waals surface area contributed by atoms with Gasteiger partial charge in [0, 0.05) is 23.4 Å². The number of nitrogens with one attached hydrogen (secondary N) is 2. The zero-order valence-electron chi connectivity index (χ0n) is 13.7. The maximum Gasteiger partial charge on any atom is 0.488 e. The molecule has 8 heteroatoms. The molecule has 0 unspecified atom stereocenters. The predicted octanol–water partition coefficient (Wildman–Crippen LogP) is -0.390. The molecule has 0 aliphatic heterocycles. The minimum absolute atomic E-state index is 0.0640. The van der Waals surface area contributed by atoms with Crippen LogP contribution in [0.15, 0.2) is 29.1 Å². The molecule has 1 aromatic heterocycles. The summed E-state index contributed by atoms with van der Waals surface area (Å²) in [6.45, 7) is 3.65. The number of pyridine rings is 1. The molecule has 24 heavy (non-hydrogen) atoms. The van der Waals surface area contributed by atoms with Crippen LogP contribution >= 0.6 is 0 Å². The number of H-pyrrole nitrogens is 1. The fraction of sp³-hybridized carbons (Fsp3) is 0.250. The molecule has 0 saturated heterocycles. The van der Waals surface area contributed by atoms with Gasteiger partial charge in [0.05, 0.1) is 7.11 Å². The number of carbonyl (C=O) groups excluding carboxylic acids is 1. The van der Waals surface area contributed by atoms with E-state index in [0.717, 1.165) is 11.3 Å². The molecule has 2 rings (SSSR count). The van der Waals surface area contributed by atoms with Crippen LogP contribution in [0.2, 0.25) is 0 Å². The Hall–Kier alpha value is -2.58. The van der Waals surface area contributed by atoms with E-state index >= 15 is 0 Å². The Bertz CT molecular complexity index is 817. The van der Waals surface area contributed by atoms with E-state index in [1.807, 2.05) is 6.07 Å². The molecule has 126 valence electrons. The first-order chi connectivity index (χ1) is 11.3. The van der Waals surface area contributed by atoms with Crippen molar-refractivity contribution in [2.75, 3.05) is 7.11 Å². The molecule has 2 aromatic rings. The van der Waals surface area contributed by atoms with Crippen molar-refractivity contribution >= 4 is 18.5 Å². The lowest BCUT2D eigenvalue weighted by Gasteiger charge is -2.10. The number of benzene rings is 1. The molecule has 4 N–H and O–H groups in total. The minimum atomic E-state index is -1.71. The van der Waals surface area contributed by atoms with Crippen LogP contribution in [0.1, 0.15) is 27.2 Å². The van der Waals surface area contributed by atoms with Crippen LogP contribution in [0.5, 0.6) is 5.75 Å². The van der Waals surface area contributed by atoms with Crippen molar-refractivity contribution in [1.82, 2.24) is 10.3 Å². The summed E-state index contributed by atoms with van der Waals surface area (Å²) < 4.78 is 5.05. The number of rotatable bonds is 5. The first-order valence-electron chi connectivity index (χ1n) is 7.34. The Morgan fingerprint density at radius 3 is 2.54 bits per heavy atom. The Kier molecular flexibility index (Phi) is 5.43. The minimum Gasteiger partial charge on any atom is -0.497 e. The summed E-state index contributed by atoms with van der Waals surface area (Å²) in [5, 5.41) is 21.2. The molecule has 0 aliphatic rings. The van der Waals surface area contributed by atoms with Crippen LogP contribution in [-0.2, 0) is 6.54 Å². The van der Waals surface area contributed by atoms with Gasteiger partial charge in [-0.15, -0.1) is 0 Å². The number of amides is 1. The van der Waals surface area contributed by atoms with Crippen LogP contribution < -0.4 is 21.1 Å². The fourth-order valence-electron chi connectivity index (χ4n) is 2.39. The Balaban J connectivity index is 2.22. The van der Waals surface area contributed by atoms with Gasteiger partial charge >= 0.3 is 7.12 Å². The van der Waals surface area contributed by atoms with Crippen molar-refractivity contribution in [3.8, 4) is 5.75 Å². The molecule has 7 nitrogen and oxygen atoms in total. The second kappa shape index (κ2) is 7.33. The van der Waals surface area contributed by atoms with Gasteiger partial charge in [-0.05, 0) is 49.1 Å². The van der Waals surface area contributed by atoms with Crippen LogP contribution in [0.4, 0.5) is 0 Å². The summed E-state index contributed by atoms with van der Waals surface area (Å²) in [7, 11) is -0.298. The van der Waals surface area contributed by atoms with E-state index in [1.54, 1.807) is 13.8 Å². The second-order valence-corrected chi connectivity index (χ2v) is 5.49. The zero-order chi connectivity index (χ0) is 17.9. The van der Waals surface area contributed by atoms with Gasteiger partial charge in [-0.3, -0.25) is 9.59 Å². The third-order valence-electron chi connectivity index (χ3n) is 3.64. The summed E-state index contributed by atoms with van der Waals surface area (Å²) in [6.07, 6.45) is 0. The Morgan fingerprint density at radius 2 is 1.96 bits per heavy atom. The molecule has 0 fully saturated rings. The summed E-state index contributed by atoms with van der Waals surface area (Å²) in [5.41, 5.74) is 2.11. The Labute approximate surface area is 139 Å². The molecular weight excluding hydrogens is 311 g/mol. The number of aryl methyl sites for hydroxylation is 2. The first-order valence-corrected chi connectivity index (χ1v) is 7.34. The maximum absolute atomic E-state index is 12.3. The molecule has 0 spiro atoms. The standard InChI is InChI=1S/C16H19BN2O5/c1-9-4-10(2)19-16(21)14(9)8-18-15(20)11-5-12(17(22)23)7-13(6-11)24-3/h4-7,22-23H,8H2,1-3H3,(H,18,20)(H,19,21). The van der Waals surface area contributed by atoms with Gasteiger partial charge in [0.25, 0.3) is 11.5 Å². The average Bonchev–Trinajstić information content (AvgIpc) is 2.53. The molecule has 1 aromatic carbocycles. The highest BCUT2D eigenvalue weighted by molar-refractivity contribution is 6.58. The van der Waals surface area contributed by atoms with Gasteiger partial charge in [-0.2, -0.15) is 0 Å². The van der Waals surface area contributed by atoms with Crippen LogP contribution in [0.25, 0.3) is 0 Å². The number of carbonyl (C=O) groups is 1. The topological polar surface area (TPSA) is 112 Å². The second-order valence-electron chi connectivity index (χ2n) is 5.49. The molecule has 0 aliphatic carbocycles. The summed E-state index contributed by atoms with van der Waals surface area (Å²) >= 11 is 0. The highest BCUT2D eigenvalue weighted by Crippen LogP contribution is 2.12. The lowest BCUT2D eigenvalue weighted by Crippen LogP contribution is -2.32. The van der Waals surface area contributed by atoms with Crippen LogP contribution in [0, 0.1) is 13.8 Å². The summed E-state index contributed by atoms with van der Waals surface area (Å²) in [5.74, 6) is -0.120. The van der Waals surface area contributed by atoms with E-state index in [9.17, 15) is 19.6 Å². The van der Waals surface area contributed by atoms with Crippen molar-refractivity contribution in [1.29, 1.82) is 0 Å². The van der Waals surface area contributed by atoms with Gasteiger partial charge in [0.1, 0.15) is 5.75 Å². The summed E-state index contributed by atoms with van der Waals surface area (Å²) in [6, 6.07) is 6.09. The van der Waals surface area contributed by atoms with Crippen molar-refractivity contribution in [2.45, 2.75) is 20.4 Å². The van der Waals surface area contributed by atoms with Crippen LogP contribution in [0.3, 0.4) is 0 Å². The lowest BCUT2D eigenvalue weighted by molar-refractivity contribution is 0.0950. The van der Waals surface area contributed by atoms with E-state index in [4.69, 9.17) is 4.74 Å². The first kappa shape index (κ1) is 17.8. The van der Waals surface area contributed by atoms with Gasteiger partial charge in [0.2, 0.25) is 0 Å². The van der Waals surface area contributed by atoms with E-state index in [-0.39, 0.29) is 23.1 Å². The number of methoxy groups -OCH3 is 1. The molecule has 1 heterocycles. The van der Waals surface area contributed by atoms with Crippen molar-refractivity contribution in [3.05, 3.63) is 57.0 Å². The number of hydrogen-bond acceptors (Lipinski definition) is 5. The van der Waals surface area contributed by atoms with E-state index in [0.29, 0.717) is 11.3 Å². The number of aromatic amines is 1. The van der Waals surface area contributed by atoms with E-state index < -0.39 is 13.0 Å². The highest BCUT2D eigenvalue weighted by Gasteiger charge is 2.17. The smallest absolute Gasteiger partial charge is 0.488 e. The molecule has 0 atom stereocenters. The largest absolute Gasteiger partial charge is 0.497 e. The lowest BCUT2D eigenvalue weighted by atomic mass is 9.79. The predicted molar refractivity (Wildman–Crippen MR) is 90.5 cm³/mol. The molecule has 0 saturated carbocycles. The van der Waals surface area contributed by atoms with Crippen molar-refractivity contribution < 1.29 is 19.6 Å². The van der Waals surface area contributed by atoms with Gasteiger partial charge < -0.3 is 25.1 Å². The number of hydrogen-bond donors (Lipinski definition) is 4. The van der Waals surface area contributed by atoms with Crippen molar-refractivity contribution in [2.24, 2.45) is 0 Å². The summed E-state index contributed by atoms with van der Waals surface area (Å²) in [4.78, 5) is 27.0. The van der Waals surface area contributed by atoms with E-state index in [2.05, 4.69) is 10.3 Å². The van der Waals surface area contributed by atoms with Gasteiger partial charge in [0.15, 0.2) is 0 Å². The third-order valence-corrected chi connectivity index (χ3v) is 3.64. The Morgan fingerprint density at radius 1 is 1.25 bits per heavy atom. The molecular formula is C16H19BN2O5. The SMILES string of the molecule is COc1cc(B(O)O)cc(C(=O)NCc2c(C)cc(C)[nH]c2=O)c1. The van der Waals surface area contributed by atoms with Gasteiger partial charge in [-0.25, -0.2) is 0 Å². The normalized spacial score (nSPS) is 10.4. The molecule has 0 bridgehead atoms. The maximum atomic E-state index is 12.3.